The van der Waals surface area contributed by atoms with Crippen molar-refractivity contribution in [3.63, 3.8) is 0 Å². The summed E-state index contributed by atoms with van der Waals surface area (Å²) in [5, 5.41) is 10.9. The van der Waals surface area contributed by atoms with E-state index in [4.69, 9.17) is 21.4 Å². The molecule has 1 N–H and O–H groups in total. The van der Waals surface area contributed by atoms with Crippen LogP contribution in [0.4, 0.5) is 0 Å². The van der Waals surface area contributed by atoms with Crippen LogP contribution in [0, 0.1) is 6.92 Å². The van der Waals surface area contributed by atoms with Crippen molar-refractivity contribution in [3.05, 3.63) is 77.0 Å². The molecular weight excluding hydrogens is 362 g/mol. The highest BCUT2D eigenvalue weighted by Gasteiger charge is 2.16. The minimum atomic E-state index is -0.798. The van der Waals surface area contributed by atoms with Gasteiger partial charge in [-0.05, 0) is 54.8 Å². The molecule has 4 nitrogen and oxygen atoms in total. The van der Waals surface area contributed by atoms with E-state index in [2.05, 4.69) is 11.1 Å². The van der Waals surface area contributed by atoms with Gasteiger partial charge in [-0.1, -0.05) is 36.4 Å². The molecule has 0 saturated carbocycles. The second-order valence-corrected chi connectivity index (χ2v) is 6.89. The molecule has 3 aromatic rings. The highest BCUT2D eigenvalue weighted by Crippen LogP contribution is 2.31. The lowest BCUT2D eigenvalue weighted by Crippen LogP contribution is -2.07. The molecule has 1 heterocycles. The first kappa shape index (κ1) is 19.1. The highest BCUT2D eigenvalue weighted by atomic mass is 35.5. The van der Waals surface area contributed by atoms with Crippen LogP contribution in [0.15, 0.2) is 55.1 Å². The number of carboxylic acid groups (broad SMARTS) is 1. The van der Waals surface area contributed by atoms with Gasteiger partial charge in [0.1, 0.15) is 12.4 Å². The Bertz CT molecular complexity index is 973. The molecule has 27 heavy (non-hydrogen) atoms. The fraction of sp³-hybridized carbons (Fsp3) is 0.227. The fourth-order valence-corrected chi connectivity index (χ4v) is 3.43. The Kier molecular flexibility index (Phi) is 5.87. The maximum atomic E-state index is 11.1. The van der Waals surface area contributed by atoms with Gasteiger partial charge >= 0.3 is 5.97 Å². The maximum Gasteiger partial charge on any atom is 0.303 e. The van der Waals surface area contributed by atoms with Crippen LogP contribution in [0.3, 0.4) is 0 Å². The van der Waals surface area contributed by atoms with Crippen molar-refractivity contribution in [2.45, 2.75) is 26.3 Å². The van der Waals surface area contributed by atoms with Crippen LogP contribution in [-0.4, -0.2) is 22.2 Å². The number of carbonyl (C=O) groups is 1. The Morgan fingerprint density at radius 3 is 2.67 bits per heavy atom. The first-order valence-electron chi connectivity index (χ1n) is 8.81. The van der Waals surface area contributed by atoms with Crippen molar-refractivity contribution >= 4 is 28.5 Å². The number of aromatic nitrogens is 1. The normalized spacial score (nSPS) is 10.9. The highest BCUT2D eigenvalue weighted by molar-refractivity contribution is 6.30. The summed E-state index contributed by atoms with van der Waals surface area (Å²) in [6, 6.07) is 13.7. The van der Waals surface area contributed by atoms with Crippen molar-refractivity contribution in [1.29, 1.82) is 0 Å². The molecule has 0 radical (unpaired) electrons. The number of hydrogen-bond donors (Lipinski definition) is 1. The number of nitrogens with zero attached hydrogens (tertiary/aromatic N) is 1. The molecule has 0 atom stereocenters. The smallest absolute Gasteiger partial charge is 0.303 e. The lowest BCUT2D eigenvalue weighted by Gasteiger charge is -2.12. The van der Waals surface area contributed by atoms with Gasteiger partial charge in [0.25, 0.3) is 0 Å². The van der Waals surface area contributed by atoms with Crippen LogP contribution in [0.5, 0.6) is 5.75 Å². The van der Waals surface area contributed by atoms with Crippen molar-refractivity contribution in [1.82, 2.24) is 4.57 Å². The summed E-state index contributed by atoms with van der Waals surface area (Å²) in [5.41, 5.74) is 4.29. The monoisotopic (exact) mass is 383 g/mol. The van der Waals surface area contributed by atoms with Gasteiger partial charge in [-0.25, -0.2) is 0 Å². The second kappa shape index (κ2) is 8.31. The predicted octanol–water partition coefficient (Wildman–Crippen LogP) is 5.23. The van der Waals surface area contributed by atoms with Crippen LogP contribution in [0.25, 0.3) is 10.9 Å². The van der Waals surface area contributed by atoms with E-state index in [0.717, 1.165) is 33.5 Å². The summed E-state index contributed by atoms with van der Waals surface area (Å²) in [6.07, 6.45) is 2.28. The van der Waals surface area contributed by atoms with E-state index in [9.17, 15) is 4.79 Å². The molecule has 0 spiro atoms. The van der Waals surface area contributed by atoms with Crippen LogP contribution in [0.1, 0.15) is 23.2 Å². The van der Waals surface area contributed by atoms with Crippen LogP contribution >= 0.6 is 11.6 Å². The largest absolute Gasteiger partial charge is 0.490 e. The van der Waals surface area contributed by atoms with Crippen LogP contribution < -0.4 is 4.74 Å². The number of halogens is 1. The first-order chi connectivity index (χ1) is 13.0. The summed E-state index contributed by atoms with van der Waals surface area (Å²) >= 11 is 6.00. The fourth-order valence-electron chi connectivity index (χ4n) is 3.30. The average Bonchev–Trinajstić information content (AvgIpc) is 2.91. The van der Waals surface area contributed by atoms with Gasteiger partial charge in [0.15, 0.2) is 0 Å². The third kappa shape index (κ3) is 4.34. The predicted molar refractivity (Wildman–Crippen MR) is 109 cm³/mol. The van der Waals surface area contributed by atoms with E-state index in [-0.39, 0.29) is 6.42 Å². The Morgan fingerprint density at radius 2 is 2.00 bits per heavy atom. The summed E-state index contributed by atoms with van der Waals surface area (Å²) in [6.45, 7) is 6.81. The molecule has 1 aromatic heterocycles. The van der Waals surface area contributed by atoms with Gasteiger partial charge in [-0.3, -0.25) is 4.79 Å². The number of hydrogen-bond acceptors (Lipinski definition) is 2. The van der Waals surface area contributed by atoms with E-state index in [1.807, 2.05) is 49.4 Å². The van der Waals surface area contributed by atoms with E-state index >= 15 is 0 Å². The minimum absolute atomic E-state index is 0.0948. The summed E-state index contributed by atoms with van der Waals surface area (Å²) in [5.74, 6) is -0.0216. The molecule has 0 aliphatic rings. The van der Waals surface area contributed by atoms with Gasteiger partial charge in [-0.15, -0.1) is 0 Å². The van der Waals surface area contributed by atoms with Crippen molar-refractivity contribution in [2.75, 3.05) is 6.61 Å². The summed E-state index contributed by atoms with van der Waals surface area (Å²) in [4.78, 5) is 11.1. The van der Waals surface area contributed by atoms with Gasteiger partial charge in [-0.2, -0.15) is 0 Å². The molecule has 0 aliphatic carbocycles. The summed E-state index contributed by atoms with van der Waals surface area (Å²) in [7, 11) is 0. The van der Waals surface area contributed by atoms with Gasteiger partial charge < -0.3 is 14.4 Å². The van der Waals surface area contributed by atoms with Gasteiger partial charge in [0, 0.05) is 28.2 Å². The average molecular weight is 384 g/mol. The van der Waals surface area contributed by atoms with Crippen molar-refractivity contribution in [3.8, 4) is 5.75 Å². The van der Waals surface area contributed by atoms with Crippen molar-refractivity contribution < 1.29 is 14.6 Å². The molecule has 5 heteroatoms. The second-order valence-electron chi connectivity index (χ2n) is 6.46. The van der Waals surface area contributed by atoms with E-state index < -0.39 is 5.97 Å². The number of benzene rings is 2. The van der Waals surface area contributed by atoms with Crippen LogP contribution in [0.2, 0.25) is 5.02 Å². The Labute approximate surface area is 163 Å². The van der Waals surface area contributed by atoms with E-state index in [1.165, 1.54) is 0 Å². The minimum Gasteiger partial charge on any atom is -0.490 e. The lowest BCUT2D eigenvalue weighted by molar-refractivity contribution is -0.136. The number of aryl methyl sites for hydroxylation is 1. The molecule has 0 saturated heterocycles. The topological polar surface area (TPSA) is 51.5 Å². The molecule has 3 rings (SSSR count). The Morgan fingerprint density at radius 1 is 1.26 bits per heavy atom. The van der Waals surface area contributed by atoms with Crippen LogP contribution in [-0.2, 0) is 17.8 Å². The molecule has 0 amide bonds. The molecule has 0 bridgehead atoms. The van der Waals surface area contributed by atoms with E-state index in [1.54, 1.807) is 6.08 Å². The number of ether oxygens (including phenoxy) is 1. The lowest BCUT2D eigenvalue weighted by atomic mass is 10.1. The molecule has 0 aliphatic heterocycles. The Balaban J connectivity index is 2.06. The number of aliphatic carboxylic acids is 1. The van der Waals surface area contributed by atoms with Crippen molar-refractivity contribution in [2.24, 2.45) is 0 Å². The maximum absolute atomic E-state index is 11.1. The molecular formula is C22H22ClNO3. The standard InChI is InChI=1S/C22H22ClNO3/c1-3-12-27-18-8-9-21-19(13-18)15(2)20(10-11-22(25)26)24(21)14-16-4-6-17(23)7-5-16/h3-9,13H,1,10-12,14H2,2H3,(H,25,26). The molecule has 2 aromatic carbocycles. The van der Waals surface area contributed by atoms with E-state index in [0.29, 0.717) is 24.6 Å². The Hall–Kier alpha value is -2.72. The molecule has 0 unspecified atom stereocenters. The quantitative estimate of drug-likeness (QED) is 0.541. The number of carboxylic acids is 1. The third-order valence-electron chi connectivity index (χ3n) is 4.62. The zero-order valence-corrected chi connectivity index (χ0v) is 16.0. The first-order valence-corrected chi connectivity index (χ1v) is 9.19. The van der Waals surface area contributed by atoms with Gasteiger partial charge in [0.05, 0.1) is 6.42 Å². The third-order valence-corrected chi connectivity index (χ3v) is 4.87. The molecule has 140 valence electrons. The zero-order chi connectivity index (χ0) is 19.4. The number of fused-ring (bicyclic) bond motifs is 1. The summed E-state index contributed by atoms with van der Waals surface area (Å²) < 4.78 is 7.85. The number of rotatable bonds is 8. The van der Waals surface area contributed by atoms with Gasteiger partial charge in [0.2, 0.25) is 0 Å². The zero-order valence-electron chi connectivity index (χ0n) is 15.2. The molecule has 0 fully saturated rings. The SMILES string of the molecule is C=CCOc1ccc2c(c1)c(C)c(CCC(=O)O)n2Cc1ccc(Cl)cc1.